The topological polar surface area (TPSA) is 44.2 Å². The minimum Gasteiger partial charge on any atom is -1.00 e. The predicted molar refractivity (Wildman–Crippen MR) is 73.5 cm³/mol. The minimum absolute atomic E-state index is 0. The smallest absolute Gasteiger partial charge is 1.00 e. The molecule has 1 fully saturated rings. The zero-order chi connectivity index (χ0) is 3.54. The van der Waals surface area contributed by atoms with Crippen LogP contribution in [0.1, 0.15) is 52.8 Å². The van der Waals surface area contributed by atoms with Crippen molar-refractivity contribution in [2.45, 2.75) is 50.0 Å². The van der Waals surface area contributed by atoms with Gasteiger partial charge in [0.1, 0.15) is 0 Å². The maximum atomic E-state index is 4.94. The van der Waals surface area contributed by atoms with E-state index in [0.717, 1.165) is 13.2 Å². The van der Waals surface area contributed by atoms with E-state index in [1.165, 1.54) is 12.8 Å². The van der Waals surface area contributed by atoms with Crippen LogP contribution in [0.15, 0.2) is 0 Å². The molecule has 6 radical (unpaired) electrons. The monoisotopic (exact) mass is 217 g/mol. The Morgan fingerprint density at radius 3 is 1.07 bits per heavy atom. The number of hydrogen-bond donors (Lipinski definition) is 1. The Morgan fingerprint density at radius 1 is 0.786 bits per heavy atom. The molecule has 0 amide bonds. The Morgan fingerprint density at radius 2 is 1.00 bits per heavy atom. The molecule has 88 valence electrons. The van der Waals surface area contributed by atoms with Gasteiger partial charge in [-0.1, -0.05) is 37.1 Å². The molecule has 0 unspecified atom stereocenters. The van der Waals surface area contributed by atoms with Crippen LogP contribution in [-0.2, 0) is 4.74 Å². The van der Waals surface area contributed by atoms with Crippen molar-refractivity contribution in [3.8, 4) is 0 Å². The minimum atomic E-state index is 0. The first kappa shape index (κ1) is 81.2. The zero-order valence-corrected chi connectivity index (χ0v) is 8.10. The normalized spacial score (nSPS) is 8.57. The summed E-state index contributed by atoms with van der Waals surface area (Å²) in [6.45, 7) is 2.00. The van der Waals surface area contributed by atoms with Crippen molar-refractivity contribution in [2.75, 3.05) is 13.2 Å². The van der Waals surface area contributed by atoms with Gasteiger partial charge >= 0.3 is 29.6 Å². The molecule has 2 nitrogen and oxygen atoms in total. The summed E-state index contributed by atoms with van der Waals surface area (Å²) in [7, 11) is 0. The van der Waals surface area contributed by atoms with Crippen LogP contribution in [0.25, 0.3) is 0 Å². The van der Waals surface area contributed by atoms with E-state index >= 15 is 0 Å². The van der Waals surface area contributed by atoms with Crippen molar-refractivity contribution >= 4 is 16.8 Å². The van der Waals surface area contributed by atoms with E-state index < -0.39 is 0 Å². The van der Waals surface area contributed by atoms with Crippen LogP contribution in [0.2, 0.25) is 0 Å². The molecule has 0 spiro atoms. The second kappa shape index (κ2) is 65.4. The molecule has 0 bridgehead atoms. The van der Waals surface area contributed by atoms with Crippen LogP contribution in [-0.4, -0.2) is 30.0 Å². The van der Waals surface area contributed by atoms with Crippen molar-refractivity contribution in [1.82, 2.24) is 6.15 Å². The van der Waals surface area contributed by atoms with Gasteiger partial charge in [0.05, 0.1) is 0 Å². The summed E-state index contributed by atoms with van der Waals surface area (Å²) >= 11 is 0. The molecule has 1 aliphatic rings. The van der Waals surface area contributed by atoms with Crippen molar-refractivity contribution in [3.05, 3.63) is 0 Å². The molecular weight excluding hydrogens is 183 g/mol. The third-order valence-electron chi connectivity index (χ3n) is 0.827. The fourth-order valence-corrected chi connectivity index (χ4v) is 0.510. The maximum Gasteiger partial charge on any atom is 1.00 e. The van der Waals surface area contributed by atoms with Crippen molar-refractivity contribution in [3.63, 3.8) is 0 Å². The molecule has 0 atom stereocenters. The molecule has 5 heteroatoms. The van der Waals surface area contributed by atoms with Gasteiger partial charge in [-0.3, -0.25) is 0 Å². The Hall–Kier alpha value is 1.05. The zero-order valence-electron chi connectivity index (χ0n) is 7.10. The largest absolute Gasteiger partial charge is 1.00 e. The van der Waals surface area contributed by atoms with Gasteiger partial charge in [0, 0.05) is 31.5 Å². The SMILES string of the molecule is C.C.C.C.C.C1CCOC1.N.[B].[B].[H-].[HH].[Na+]. The first-order valence-electron chi connectivity index (χ1n) is 2.08. The second-order valence-corrected chi connectivity index (χ2v) is 1.32. The van der Waals surface area contributed by atoms with Crippen molar-refractivity contribution < 1.29 is 37.1 Å². The Kier molecular flexibility index (Phi) is 379. The van der Waals surface area contributed by atoms with E-state index in [4.69, 9.17) is 4.74 Å². The second-order valence-electron chi connectivity index (χ2n) is 1.32. The van der Waals surface area contributed by atoms with Gasteiger partial charge in [0.15, 0.2) is 0 Å². The standard InChI is InChI=1S/C4H8O.5CH4.2B.H3N.Na.H2.H/c1-2-4-5-3-1;;;;;;;;;;;/h1-4H2;5*1H4;;;1H3;;1H;/q;;;;;;;;;+1;;-1. The molecule has 3 N–H and O–H groups in total. The Balaban J connectivity index is -0.00000000253. The molecule has 0 saturated carbocycles. The van der Waals surface area contributed by atoms with Crippen LogP contribution in [0.5, 0.6) is 0 Å². The molecule has 0 aromatic carbocycles. The van der Waals surface area contributed by atoms with Crippen molar-refractivity contribution in [1.29, 1.82) is 0 Å². The first-order chi connectivity index (χ1) is 2.50. The predicted octanol–water partition coefficient (Wildman–Crippen LogP) is 0.740. The van der Waals surface area contributed by atoms with Crippen LogP contribution in [0.4, 0.5) is 0 Å². The van der Waals surface area contributed by atoms with E-state index in [-0.39, 0.29) is 92.5 Å². The summed E-state index contributed by atoms with van der Waals surface area (Å²) < 4.78 is 4.94. The van der Waals surface area contributed by atoms with Gasteiger partial charge < -0.3 is 12.3 Å². The van der Waals surface area contributed by atoms with E-state index in [1.807, 2.05) is 0 Å². The van der Waals surface area contributed by atoms with E-state index in [9.17, 15) is 0 Å². The molecule has 1 rings (SSSR count). The summed E-state index contributed by atoms with van der Waals surface area (Å²) in [6, 6.07) is 0. The van der Waals surface area contributed by atoms with E-state index in [2.05, 4.69) is 0 Å². The van der Waals surface area contributed by atoms with Crippen LogP contribution >= 0.6 is 0 Å². The Labute approximate surface area is 123 Å². The van der Waals surface area contributed by atoms with Gasteiger partial charge in [0.2, 0.25) is 0 Å². The van der Waals surface area contributed by atoms with Gasteiger partial charge in [-0.15, -0.1) is 0 Å². The van der Waals surface area contributed by atoms with Gasteiger partial charge in [-0.2, -0.15) is 0 Å². The number of ether oxygens (including phenoxy) is 1. The fourth-order valence-electron chi connectivity index (χ4n) is 0.510. The summed E-state index contributed by atoms with van der Waals surface area (Å²) in [4.78, 5) is 0. The summed E-state index contributed by atoms with van der Waals surface area (Å²) in [5.74, 6) is 0. The van der Waals surface area contributed by atoms with E-state index in [1.54, 1.807) is 0 Å². The number of rotatable bonds is 0. The molecule has 1 saturated heterocycles. The van der Waals surface area contributed by atoms with Crippen LogP contribution < -0.4 is 35.7 Å². The summed E-state index contributed by atoms with van der Waals surface area (Å²) in [5, 5.41) is 0. The maximum absolute atomic E-state index is 4.94. The average molecular weight is 217 g/mol. The van der Waals surface area contributed by atoms with Crippen LogP contribution in [0.3, 0.4) is 0 Å². The van der Waals surface area contributed by atoms with Gasteiger partial charge in [-0.25, -0.2) is 0 Å². The molecule has 0 aromatic rings. The first-order valence-corrected chi connectivity index (χ1v) is 2.08. The quantitative estimate of drug-likeness (QED) is 0.608. The molecule has 1 heterocycles. The molecular formula is C9H34B2NNaO. The molecule has 14 heavy (non-hydrogen) atoms. The van der Waals surface area contributed by atoms with Crippen LogP contribution in [0, 0.1) is 0 Å². The van der Waals surface area contributed by atoms with E-state index in [0.29, 0.717) is 0 Å². The number of hydrogen-bond acceptors (Lipinski definition) is 2. The Bertz CT molecular complexity index is 43.1. The summed E-state index contributed by atoms with van der Waals surface area (Å²) in [6.07, 6.45) is 2.56. The molecule has 1 aliphatic heterocycles. The third-order valence-corrected chi connectivity index (χ3v) is 0.827. The third kappa shape index (κ3) is 51.8. The average Bonchev–Trinajstić information content (AvgIpc) is 1.76. The van der Waals surface area contributed by atoms with Gasteiger partial charge in [0.25, 0.3) is 0 Å². The van der Waals surface area contributed by atoms with Gasteiger partial charge in [-0.05, 0) is 12.8 Å². The summed E-state index contributed by atoms with van der Waals surface area (Å²) in [5.41, 5.74) is 0. The molecule has 0 aliphatic carbocycles. The molecule has 0 aromatic heterocycles. The fraction of sp³-hybridized carbons (Fsp3) is 1.00. The van der Waals surface area contributed by atoms with Crippen molar-refractivity contribution in [2.24, 2.45) is 0 Å².